The van der Waals surface area contributed by atoms with Crippen LogP contribution in [0.2, 0.25) is 0 Å². The molecule has 0 aliphatic rings. The molecule has 1 aromatic carbocycles. The molecule has 19 heavy (non-hydrogen) atoms. The third kappa shape index (κ3) is 4.78. The first kappa shape index (κ1) is 17.2. The Labute approximate surface area is 109 Å². The van der Waals surface area contributed by atoms with E-state index in [9.17, 15) is 18.0 Å². The lowest BCUT2D eigenvalue weighted by molar-refractivity contribution is -0.137. The molecule has 0 atom stereocenters. The molecule has 0 aliphatic carbocycles. The van der Waals surface area contributed by atoms with E-state index in [1.54, 1.807) is 0 Å². The molecular weight excluding hydrogens is 261 g/mol. The van der Waals surface area contributed by atoms with Gasteiger partial charge in [0, 0.05) is 18.3 Å². The lowest BCUT2D eigenvalue weighted by atomic mass is 10.1. The van der Waals surface area contributed by atoms with Gasteiger partial charge in [0.05, 0.1) is 12.7 Å². The van der Waals surface area contributed by atoms with Crippen molar-refractivity contribution >= 4 is 11.6 Å². The minimum absolute atomic E-state index is 0.132. The number of carbonyl (C=O) groups is 1. The zero-order chi connectivity index (χ0) is 15.2. The molecule has 7 heteroatoms. The topological polar surface area (TPSA) is 55.6 Å². The molecule has 0 unspecified atom stereocenters. The Morgan fingerprint density at radius 3 is 2.21 bits per heavy atom. The monoisotopic (exact) mass is 278 g/mol. The van der Waals surface area contributed by atoms with Gasteiger partial charge >= 0.3 is 6.18 Å². The number of anilines is 1. The van der Waals surface area contributed by atoms with E-state index in [4.69, 9.17) is 5.73 Å². The van der Waals surface area contributed by atoms with Gasteiger partial charge in [-0.3, -0.25) is 9.63 Å². The number of rotatable bonds is 2. The number of nitrogens with zero attached hydrogens (tertiary/aromatic N) is 1. The summed E-state index contributed by atoms with van der Waals surface area (Å²) in [6.07, 6.45) is -4.55. The Morgan fingerprint density at radius 2 is 1.79 bits per heavy atom. The third-order valence-corrected chi connectivity index (χ3v) is 2.09. The number of benzene rings is 1. The maximum Gasteiger partial charge on any atom is 0.416 e. The minimum atomic E-state index is -4.55. The standard InChI is InChI=1S/C10H11F3N2O2.C2H6/c1-15(17-2)9(16)6-3-7(10(11,12)13)5-8(14)4-6;1-2/h3-5H,14H2,1-2H3;1-2H3. The van der Waals surface area contributed by atoms with Crippen LogP contribution in [0.1, 0.15) is 29.8 Å². The first-order valence-electron chi connectivity index (χ1n) is 5.55. The fourth-order valence-electron chi connectivity index (χ4n) is 1.20. The Kier molecular flexibility index (Phi) is 6.34. The van der Waals surface area contributed by atoms with E-state index in [2.05, 4.69) is 4.84 Å². The number of carbonyl (C=O) groups excluding carboxylic acids is 1. The summed E-state index contributed by atoms with van der Waals surface area (Å²) >= 11 is 0. The second-order valence-corrected chi connectivity index (χ2v) is 3.33. The number of halogens is 3. The fourth-order valence-corrected chi connectivity index (χ4v) is 1.20. The van der Waals surface area contributed by atoms with E-state index < -0.39 is 17.6 Å². The maximum atomic E-state index is 12.5. The molecule has 0 bridgehead atoms. The van der Waals surface area contributed by atoms with Crippen molar-refractivity contribution in [2.45, 2.75) is 20.0 Å². The Balaban J connectivity index is 0.00000154. The number of hydrogen-bond donors (Lipinski definition) is 1. The molecule has 1 rings (SSSR count). The van der Waals surface area contributed by atoms with Crippen LogP contribution >= 0.6 is 0 Å². The Bertz CT molecular complexity index is 433. The van der Waals surface area contributed by atoms with Gasteiger partial charge in [-0.2, -0.15) is 13.2 Å². The van der Waals surface area contributed by atoms with Crippen molar-refractivity contribution in [3.05, 3.63) is 29.3 Å². The number of nitrogens with two attached hydrogens (primary N) is 1. The summed E-state index contributed by atoms with van der Waals surface area (Å²) in [7, 11) is 2.52. The molecule has 108 valence electrons. The van der Waals surface area contributed by atoms with Crippen LogP contribution in [0.4, 0.5) is 18.9 Å². The van der Waals surface area contributed by atoms with E-state index in [1.165, 1.54) is 14.2 Å². The second kappa shape index (κ2) is 6.98. The normalized spacial score (nSPS) is 10.5. The molecule has 1 aromatic rings. The van der Waals surface area contributed by atoms with Gasteiger partial charge in [0.15, 0.2) is 0 Å². The molecule has 1 amide bonds. The molecule has 0 spiro atoms. The Morgan fingerprint density at radius 1 is 1.26 bits per heavy atom. The van der Waals surface area contributed by atoms with Crippen molar-refractivity contribution in [2.75, 3.05) is 19.9 Å². The predicted molar refractivity (Wildman–Crippen MR) is 66.3 cm³/mol. The smallest absolute Gasteiger partial charge is 0.399 e. The molecule has 0 aliphatic heterocycles. The highest BCUT2D eigenvalue weighted by atomic mass is 19.4. The van der Waals surface area contributed by atoms with Gasteiger partial charge in [-0.1, -0.05) is 13.8 Å². The molecule has 0 aromatic heterocycles. The first-order chi connectivity index (χ1) is 8.75. The van der Waals surface area contributed by atoms with Gasteiger partial charge in [0.25, 0.3) is 5.91 Å². The van der Waals surface area contributed by atoms with Crippen LogP contribution in [0.5, 0.6) is 0 Å². The van der Waals surface area contributed by atoms with Crippen molar-refractivity contribution in [3.8, 4) is 0 Å². The van der Waals surface area contributed by atoms with Gasteiger partial charge in [0.2, 0.25) is 0 Å². The lowest BCUT2D eigenvalue weighted by Crippen LogP contribution is -2.25. The van der Waals surface area contributed by atoms with E-state index in [0.717, 1.165) is 23.3 Å². The average molecular weight is 278 g/mol. The predicted octanol–water partition coefficient (Wildman–Crippen LogP) is 2.95. The van der Waals surface area contributed by atoms with E-state index >= 15 is 0 Å². The summed E-state index contributed by atoms with van der Waals surface area (Å²) in [5.74, 6) is -0.703. The number of hydroxylamine groups is 2. The van der Waals surface area contributed by atoms with Crippen molar-refractivity contribution in [1.29, 1.82) is 0 Å². The summed E-state index contributed by atoms with van der Waals surface area (Å²) in [6, 6.07) is 2.66. The fraction of sp³-hybridized carbons (Fsp3) is 0.417. The lowest BCUT2D eigenvalue weighted by Gasteiger charge is -2.15. The van der Waals surface area contributed by atoms with Crippen LogP contribution < -0.4 is 5.73 Å². The zero-order valence-electron chi connectivity index (χ0n) is 11.2. The molecular formula is C12H17F3N2O2. The van der Waals surface area contributed by atoms with E-state index in [1.807, 2.05) is 13.8 Å². The van der Waals surface area contributed by atoms with Gasteiger partial charge in [-0.15, -0.1) is 0 Å². The van der Waals surface area contributed by atoms with Crippen molar-refractivity contribution in [3.63, 3.8) is 0 Å². The van der Waals surface area contributed by atoms with E-state index in [-0.39, 0.29) is 11.3 Å². The largest absolute Gasteiger partial charge is 0.416 e. The molecule has 0 saturated carbocycles. The van der Waals surface area contributed by atoms with Crippen LogP contribution in [0.3, 0.4) is 0 Å². The quantitative estimate of drug-likeness (QED) is 0.668. The highest BCUT2D eigenvalue weighted by molar-refractivity contribution is 5.94. The molecule has 4 nitrogen and oxygen atoms in total. The minimum Gasteiger partial charge on any atom is -0.399 e. The highest BCUT2D eigenvalue weighted by Crippen LogP contribution is 2.31. The number of nitrogen functional groups attached to an aromatic ring is 1. The molecule has 0 saturated heterocycles. The van der Waals surface area contributed by atoms with Crippen molar-refractivity contribution < 1.29 is 22.8 Å². The second-order valence-electron chi connectivity index (χ2n) is 3.33. The van der Waals surface area contributed by atoms with Crippen LogP contribution in [-0.4, -0.2) is 25.1 Å². The van der Waals surface area contributed by atoms with E-state index in [0.29, 0.717) is 0 Å². The third-order valence-electron chi connectivity index (χ3n) is 2.09. The highest BCUT2D eigenvalue weighted by Gasteiger charge is 2.31. The van der Waals surface area contributed by atoms with Crippen LogP contribution in [0.15, 0.2) is 18.2 Å². The van der Waals surface area contributed by atoms with Gasteiger partial charge < -0.3 is 5.73 Å². The van der Waals surface area contributed by atoms with Crippen LogP contribution in [-0.2, 0) is 11.0 Å². The summed E-state index contributed by atoms with van der Waals surface area (Å²) in [5, 5.41) is 0.814. The Hall–Kier alpha value is -1.76. The maximum absolute atomic E-state index is 12.5. The van der Waals surface area contributed by atoms with Gasteiger partial charge in [0.1, 0.15) is 0 Å². The summed E-state index contributed by atoms with van der Waals surface area (Å²) < 4.78 is 37.4. The van der Waals surface area contributed by atoms with Crippen LogP contribution in [0.25, 0.3) is 0 Å². The van der Waals surface area contributed by atoms with Crippen molar-refractivity contribution in [1.82, 2.24) is 5.06 Å². The number of alkyl halides is 3. The first-order valence-corrected chi connectivity index (χ1v) is 5.55. The zero-order valence-corrected chi connectivity index (χ0v) is 11.2. The SMILES string of the molecule is CC.CON(C)C(=O)c1cc(N)cc(C(F)(F)F)c1. The van der Waals surface area contributed by atoms with Gasteiger partial charge in [-0.05, 0) is 18.2 Å². The number of amides is 1. The van der Waals surface area contributed by atoms with Crippen molar-refractivity contribution in [2.24, 2.45) is 0 Å². The summed E-state index contributed by atoms with van der Waals surface area (Å²) in [6.45, 7) is 4.00. The van der Waals surface area contributed by atoms with Crippen LogP contribution in [0, 0.1) is 0 Å². The summed E-state index contributed by atoms with van der Waals surface area (Å²) in [4.78, 5) is 16.2. The molecule has 2 N–H and O–H groups in total. The van der Waals surface area contributed by atoms with Gasteiger partial charge in [-0.25, -0.2) is 5.06 Å². The number of hydrogen-bond acceptors (Lipinski definition) is 3. The molecule has 0 radical (unpaired) electrons. The average Bonchev–Trinajstić information content (AvgIpc) is 2.37. The summed E-state index contributed by atoms with van der Waals surface area (Å²) in [5.41, 5.74) is 4.05. The molecule has 0 fully saturated rings. The molecule has 0 heterocycles.